The number of benzene rings is 2. The van der Waals surface area contributed by atoms with Gasteiger partial charge in [0.25, 0.3) is 0 Å². The standard InChI is InChI=1S/C19H20N2O4/c1-12(2)25-18(22)11-24-16-9-8-13(10-17(16)23-3)19-20-14-6-4-5-7-15(14)21-19/h4-10,12H,11H2,1-3H3,(H,20,21). The molecule has 0 bridgehead atoms. The van der Waals surface area contributed by atoms with E-state index in [9.17, 15) is 4.79 Å². The van der Waals surface area contributed by atoms with Crippen LogP contribution in [0.25, 0.3) is 22.4 Å². The van der Waals surface area contributed by atoms with Gasteiger partial charge in [0.1, 0.15) is 5.82 Å². The summed E-state index contributed by atoms with van der Waals surface area (Å²) in [5, 5.41) is 0. The summed E-state index contributed by atoms with van der Waals surface area (Å²) in [5.74, 6) is 1.32. The fraction of sp³-hybridized carbons (Fsp3) is 0.263. The number of fused-ring (bicyclic) bond motifs is 1. The molecule has 2 aromatic carbocycles. The van der Waals surface area contributed by atoms with E-state index in [1.165, 1.54) is 0 Å². The third kappa shape index (κ3) is 3.91. The third-order valence-electron chi connectivity index (χ3n) is 3.54. The van der Waals surface area contributed by atoms with Crippen LogP contribution in [0.4, 0.5) is 0 Å². The van der Waals surface area contributed by atoms with Crippen molar-refractivity contribution in [1.29, 1.82) is 0 Å². The lowest BCUT2D eigenvalue weighted by Crippen LogP contribution is -2.18. The minimum Gasteiger partial charge on any atom is -0.493 e. The first kappa shape index (κ1) is 16.8. The fourth-order valence-electron chi connectivity index (χ4n) is 2.46. The van der Waals surface area contributed by atoms with Crippen LogP contribution in [0.5, 0.6) is 11.5 Å². The first-order valence-electron chi connectivity index (χ1n) is 8.02. The van der Waals surface area contributed by atoms with E-state index in [0.29, 0.717) is 11.5 Å². The molecule has 1 heterocycles. The van der Waals surface area contributed by atoms with Gasteiger partial charge in [-0.15, -0.1) is 0 Å². The van der Waals surface area contributed by atoms with Gasteiger partial charge in [0, 0.05) is 5.56 Å². The summed E-state index contributed by atoms with van der Waals surface area (Å²) in [4.78, 5) is 19.5. The van der Waals surface area contributed by atoms with Crippen LogP contribution in [-0.4, -0.2) is 35.8 Å². The average molecular weight is 340 g/mol. The Morgan fingerprint density at radius 2 is 1.96 bits per heavy atom. The Hall–Kier alpha value is -3.02. The van der Waals surface area contributed by atoms with E-state index in [4.69, 9.17) is 14.2 Å². The first-order valence-corrected chi connectivity index (χ1v) is 8.02. The smallest absolute Gasteiger partial charge is 0.344 e. The number of esters is 1. The highest BCUT2D eigenvalue weighted by Crippen LogP contribution is 2.32. The molecule has 0 aliphatic rings. The highest BCUT2D eigenvalue weighted by Gasteiger charge is 2.12. The number of para-hydroxylation sites is 2. The summed E-state index contributed by atoms with van der Waals surface area (Å²) >= 11 is 0. The van der Waals surface area contributed by atoms with Crippen molar-refractivity contribution in [2.45, 2.75) is 20.0 Å². The second kappa shape index (κ2) is 7.25. The van der Waals surface area contributed by atoms with Gasteiger partial charge in [0.2, 0.25) is 0 Å². The van der Waals surface area contributed by atoms with Gasteiger partial charge < -0.3 is 19.2 Å². The molecule has 0 radical (unpaired) electrons. The van der Waals surface area contributed by atoms with Crippen LogP contribution in [0.2, 0.25) is 0 Å². The number of H-pyrrole nitrogens is 1. The number of hydrogen-bond donors (Lipinski definition) is 1. The van der Waals surface area contributed by atoms with Gasteiger partial charge in [0.15, 0.2) is 18.1 Å². The number of nitrogens with zero attached hydrogens (tertiary/aromatic N) is 1. The number of methoxy groups -OCH3 is 1. The lowest BCUT2D eigenvalue weighted by molar-refractivity contribution is -0.149. The second-order valence-corrected chi connectivity index (χ2v) is 5.80. The van der Waals surface area contributed by atoms with Crippen molar-refractivity contribution in [1.82, 2.24) is 9.97 Å². The van der Waals surface area contributed by atoms with Gasteiger partial charge >= 0.3 is 5.97 Å². The number of aromatic amines is 1. The minimum atomic E-state index is -0.418. The molecule has 0 saturated carbocycles. The average Bonchev–Trinajstić information content (AvgIpc) is 3.03. The van der Waals surface area contributed by atoms with Crippen molar-refractivity contribution in [2.24, 2.45) is 0 Å². The summed E-state index contributed by atoms with van der Waals surface area (Å²) in [6.45, 7) is 3.42. The molecule has 25 heavy (non-hydrogen) atoms. The number of nitrogens with one attached hydrogen (secondary N) is 1. The molecule has 0 spiro atoms. The number of rotatable bonds is 6. The Labute approximate surface area is 145 Å². The van der Waals surface area contributed by atoms with Crippen molar-refractivity contribution in [2.75, 3.05) is 13.7 Å². The summed E-state index contributed by atoms with van der Waals surface area (Å²) in [6.07, 6.45) is -0.173. The van der Waals surface area contributed by atoms with Crippen LogP contribution >= 0.6 is 0 Å². The second-order valence-electron chi connectivity index (χ2n) is 5.80. The molecular weight excluding hydrogens is 320 g/mol. The summed E-state index contributed by atoms with van der Waals surface area (Å²) < 4.78 is 15.9. The molecule has 3 aromatic rings. The molecule has 0 atom stereocenters. The molecule has 3 rings (SSSR count). The largest absolute Gasteiger partial charge is 0.493 e. The predicted octanol–water partition coefficient (Wildman–Crippen LogP) is 3.57. The van der Waals surface area contributed by atoms with Crippen molar-refractivity contribution in [3.63, 3.8) is 0 Å². The van der Waals surface area contributed by atoms with Gasteiger partial charge in [-0.05, 0) is 44.2 Å². The Bertz CT molecular complexity index is 853. The normalized spacial score (nSPS) is 10.9. The predicted molar refractivity (Wildman–Crippen MR) is 94.8 cm³/mol. The van der Waals surface area contributed by atoms with Gasteiger partial charge in [0.05, 0.1) is 24.2 Å². The summed E-state index contributed by atoms with van der Waals surface area (Å²) in [5.41, 5.74) is 2.73. The monoisotopic (exact) mass is 340 g/mol. The molecule has 1 N–H and O–H groups in total. The van der Waals surface area contributed by atoms with Crippen LogP contribution in [0, 0.1) is 0 Å². The van der Waals surface area contributed by atoms with Crippen LogP contribution in [-0.2, 0) is 9.53 Å². The van der Waals surface area contributed by atoms with Crippen LogP contribution in [0.1, 0.15) is 13.8 Å². The van der Waals surface area contributed by atoms with E-state index in [1.807, 2.05) is 36.4 Å². The van der Waals surface area contributed by atoms with Crippen LogP contribution in [0.15, 0.2) is 42.5 Å². The lowest BCUT2D eigenvalue weighted by Gasteiger charge is -2.12. The van der Waals surface area contributed by atoms with E-state index in [2.05, 4.69) is 9.97 Å². The number of imidazole rings is 1. The number of carbonyl (C=O) groups excluding carboxylic acids is 1. The highest BCUT2D eigenvalue weighted by atomic mass is 16.6. The molecular formula is C19H20N2O4. The fourth-order valence-corrected chi connectivity index (χ4v) is 2.46. The highest BCUT2D eigenvalue weighted by molar-refractivity contribution is 5.79. The molecule has 6 nitrogen and oxygen atoms in total. The molecule has 0 amide bonds. The van der Waals surface area contributed by atoms with Crippen LogP contribution in [0.3, 0.4) is 0 Å². The van der Waals surface area contributed by atoms with E-state index in [-0.39, 0.29) is 12.7 Å². The summed E-state index contributed by atoms with van der Waals surface area (Å²) in [6, 6.07) is 13.3. The Morgan fingerprint density at radius 3 is 2.68 bits per heavy atom. The molecule has 6 heteroatoms. The molecule has 0 aliphatic carbocycles. The Balaban J connectivity index is 1.80. The maximum Gasteiger partial charge on any atom is 0.344 e. The SMILES string of the molecule is COc1cc(-c2nc3ccccc3[nH]2)ccc1OCC(=O)OC(C)C. The minimum absolute atomic E-state index is 0.168. The van der Waals surface area contributed by atoms with E-state index < -0.39 is 5.97 Å². The Kier molecular flexibility index (Phi) is 4.88. The van der Waals surface area contributed by atoms with E-state index in [1.54, 1.807) is 27.0 Å². The zero-order valence-corrected chi connectivity index (χ0v) is 14.4. The van der Waals surface area contributed by atoms with Crippen LogP contribution < -0.4 is 9.47 Å². The van der Waals surface area contributed by atoms with Gasteiger partial charge in [-0.1, -0.05) is 12.1 Å². The maximum absolute atomic E-state index is 11.6. The third-order valence-corrected chi connectivity index (χ3v) is 3.54. The molecule has 0 fully saturated rings. The molecule has 0 saturated heterocycles. The maximum atomic E-state index is 11.6. The van der Waals surface area contributed by atoms with Crippen molar-refractivity contribution in [3.8, 4) is 22.9 Å². The molecule has 1 aromatic heterocycles. The lowest BCUT2D eigenvalue weighted by atomic mass is 10.2. The Morgan fingerprint density at radius 1 is 1.16 bits per heavy atom. The van der Waals surface area contributed by atoms with E-state index >= 15 is 0 Å². The van der Waals surface area contributed by atoms with Crippen molar-refractivity contribution >= 4 is 17.0 Å². The summed E-state index contributed by atoms with van der Waals surface area (Å²) in [7, 11) is 1.55. The van der Waals surface area contributed by atoms with Crippen molar-refractivity contribution < 1.29 is 19.0 Å². The number of hydrogen-bond acceptors (Lipinski definition) is 5. The van der Waals surface area contributed by atoms with Gasteiger partial charge in [-0.25, -0.2) is 9.78 Å². The van der Waals surface area contributed by atoms with Crippen molar-refractivity contribution in [3.05, 3.63) is 42.5 Å². The zero-order valence-electron chi connectivity index (χ0n) is 14.4. The quantitative estimate of drug-likeness (QED) is 0.695. The van der Waals surface area contributed by atoms with E-state index in [0.717, 1.165) is 22.4 Å². The number of carbonyl (C=O) groups is 1. The molecule has 0 aliphatic heterocycles. The first-order chi connectivity index (χ1) is 12.1. The molecule has 0 unspecified atom stereocenters. The van der Waals surface area contributed by atoms with Gasteiger partial charge in [-0.3, -0.25) is 0 Å². The molecule has 130 valence electrons. The zero-order chi connectivity index (χ0) is 17.8. The number of aromatic nitrogens is 2. The topological polar surface area (TPSA) is 73.4 Å². The number of ether oxygens (including phenoxy) is 3. The van der Waals surface area contributed by atoms with Gasteiger partial charge in [-0.2, -0.15) is 0 Å².